The highest BCUT2D eigenvalue weighted by atomic mass is 15.0. The molecule has 0 bridgehead atoms. The second-order valence-corrected chi connectivity index (χ2v) is 7.31. The number of rotatable bonds is 3. The fraction of sp³-hybridized carbons (Fsp3) is 0.0400. The lowest BCUT2D eigenvalue weighted by molar-refractivity contribution is 0.953. The second-order valence-electron chi connectivity index (χ2n) is 7.31. The zero-order valence-electron chi connectivity index (χ0n) is 15.7. The van der Waals surface area contributed by atoms with Crippen LogP contribution >= 0.6 is 0 Å². The van der Waals surface area contributed by atoms with Crippen molar-refractivity contribution in [2.45, 2.75) is 5.92 Å². The Bertz CT molecular complexity index is 1340. The summed E-state index contributed by atoms with van der Waals surface area (Å²) in [5.74, 6) is 0.162. The Morgan fingerprint density at radius 3 is 2.34 bits per heavy atom. The Kier molecular flexibility index (Phi) is 3.50. The van der Waals surface area contributed by atoms with E-state index in [4.69, 9.17) is 0 Å². The molecule has 0 spiro atoms. The van der Waals surface area contributed by atoms with Gasteiger partial charge in [-0.1, -0.05) is 48.6 Å². The van der Waals surface area contributed by atoms with Gasteiger partial charge in [-0.25, -0.2) is 9.97 Å². The van der Waals surface area contributed by atoms with Gasteiger partial charge in [0.2, 0.25) is 0 Å². The van der Waals surface area contributed by atoms with Crippen LogP contribution in [0.5, 0.6) is 0 Å². The molecule has 2 aromatic heterocycles. The third kappa shape index (κ3) is 2.53. The van der Waals surface area contributed by atoms with E-state index < -0.39 is 0 Å². The van der Waals surface area contributed by atoms with Crippen LogP contribution < -0.4 is 0 Å². The van der Waals surface area contributed by atoms with Crippen LogP contribution in [0.25, 0.3) is 28.2 Å². The molecule has 0 N–H and O–H groups in total. The van der Waals surface area contributed by atoms with Gasteiger partial charge in [0.1, 0.15) is 0 Å². The number of hydrogen-bond donors (Lipinski definition) is 0. The Morgan fingerprint density at radius 1 is 0.759 bits per heavy atom. The monoisotopic (exact) mass is 374 g/mol. The van der Waals surface area contributed by atoms with Crippen LogP contribution in [-0.2, 0) is 0 Å². The molecule has 138 valence electrons. The zero-order chi connectivity index (χ0) is 19.2. The largest absolute Gasteiger partial charge is 0.306 e. The summed E-state index contributed by atoms with van der Waals surface area (Å²) in [6.07, 6.45) is 15.9. The maximum absolute atomic E-state index is 4.26. The molecule has 0 radical (unpaired) electrons. The van der Waals surface area contributed by atoms with Crippen molar-refractivity contribution in [3.63, 3.8) is 0 Å². The van der Waals surface area contributed by atoms with Crippen LogP contribution in [0.2, 0.25) is 0 Å². The number of hydrogen-bond acceptors (Lipinski definition) is 2. The van der Waals surface area contributed by atoms with Crippen LogP contribution in [0.1, 0.15) is 22.6 Å². The van der Waals surface area contributed by atoms with Crippen molar-refractivity contribution in [1.29, 1.82) is 0 Å². The summed E-state index contributed by atoms with van der Waals surface area (Å²) in [6.45, 7) is 0. The van der Waals surface area contributed by atoms with Gasteiger partial charge in [-0.05, 0) is 45.7 Å². The smallest absolute Gasteiger partial charge is 0.0991 e. The number of allylic oxidation sites excluding steroid dienone is 1. The number of imidazole rings is 2. The van der Waals surface area contributed by atoms with E-state index in [1.165, 1.54) is 27.5 Å². The molecule has 5 aromatic rings. The van der Waals surface area contributed by atoms with Crippen molar-refractivity contribution in [3.8, 4) is 11.4 Å². The fourth-order valence-corrected chi connectivity index (χ4v) is 4.37. The number of aromatic nitrogens is 4. The molecule has 2 heterocycles. The van der Waals surface area contributed by atoms with Crippen LogP contribution in [-0.4, -0.2) is 19.1 Å². The van der Waals surface area contributed by atoms with Gasteiger partial charge in [0.25, 0.3) is 0 Å². The van der Waals surface area contributed by atoms with Gasteiger partial charge in [-0.2, -0.15) is 0 Å². The summed E-state index contributed by atoms with van der Waals surface area (Å²) in [6, 6.07) is 19.7. The quantitative estimate of drug-likeness (QED) is 0.426. The van der Waals surface area contributed by atoms with Gasteiger partial charge < -0.3 is 9.13 Å². The van der Waals surface area contributed by atoms with Crippen molar-refractivity contribution in [2.24, 2.45) is 0 Å². The topological polar surface area (TPSA) is 35.6 Å². The number of nitrogens with zero attached hydrogens (tertiary/aromatic N) is 4. The highest BCUT2D eigenvalue weighted by molar-refractivity contribution is 5.96. The fourth-order valence-electron chi connectivity index (χ4n) is 4.37. The second kappa shape index (κ2) is 6.31. The maximum Gasteiger partial charge on any atom is 0.0991 e. The van der Waals surface area contributed by atoms with Crippen molar-refractivity contribution in [3.05, 3.63) is 115 Å². The van der Waals surface area contributed by atoms with Gasteiger partial charge in [0.15, 0.2) is 0 Å². The first-order chi connectivity index (χ1) is 14.4. The Labute approximate surface area is 168 Å². The van der Waals surface area contributed by atoms with Crippen LogP contribution in [0.3, 0.4) is 0 Å². The molecule has 1 aliphatic rings. The molecule has 29 heavy (non-hydrogen) atoms. The lowest BCUT2D eigenvalue weighted by Gasteiger charge is -2.24. The summed E-state index contributed by atoms with van der Waals surface area (Å²) in [5.41, 5.74) is 6.10. The van der Waals surface area contributed by atoms with Crippen LogP contribution in [0, 0.1) is 0 Å². The van der Waals surface area contributed by atoms with Crippen molar-refractivity contribution in [1.82, 2.24) is 19.1 Å². The van der Waals surface area contributed by atoms with E-state index in [0.29, 0.717) is 0 Å². The molecule has 1 atom stereocenters. The normalized spacial score (nSPS) is 15.1. The van der Waals surface area contributed by atoms with E-state index in [9.17, 15) is 0 Å². The first kappa shape index (κ1) is 16.1. The average Bonchev–Trinajstić information content (AvgIpc) is 3.49. The summed E-state index contributed by atoms with van der Waals surface area (Å²) in [7, 11) is 0. The summed E-state index contributed by atoms with van der Waals surface area (Å²) < 4.78 is 4.13. The van der Waals surface area contributed by atoms with Crippen molar-refractivity contribution < 1.29 is 0 Å². The van der Waals surface area contributed by atoms with Gasteiger partial charge in [0, 0.05) is 36.4 Å². The SMILES string of the molecule is C1=CC(c2cc(-n3ccnc3)ccc2-n2ccnc2)c2cccc3cccc1c23. The molecule has 0 fully saturated rings. The minimum atomic E-state index is 0.162. The summed E-state index contributed by atoms with van der Waals surface area (Å²) in [5, 5.41) is 2.62. The molecule has 3 aromatic carbocycles. The van der Waals surface area contributed by atoms with Crippen molar-refractivity contribution in [2.75, 3.05) is 0 Å². The van der Waals surface area contributed by atoms with E-state index >= 15 is 0 Å². The maximum atomic E-state index is 4.26. The third-order valence-corrected chi connectivity index (χ3v) is 5.70. The average molecular weight is 374 g/mol. The Hall–Kier alpha value is -3.92. The first-order valence-electron chi connectivity index (χ1n) is 9.69. The van der Waals surface area contributed by atoms with Gasteiger partial charge in [-0.15, -0.1) is 0 Å². The van der Waals surface area contributed by atoms with Gasteiger partial charge in [0.05, 0.1) is 18.3 Å². The van der Waals surface area contributed by atoms with Crippen molar-refractivity contribution >= 4 is 16.8 Å². The van der Waals surface area contributed by atoms with Crippen LogP contribution in [0.15, 0.2) is 98.1 Å². The molecular formula is C25H18N4. The summed E-state index contributed by atoms with van der Waals surface area (Å²) in [4.78, 5) is 8.47. The zero-order valence-corrected chi connectivity index (χ0v) is 15.7. The Balaban J connectivity index is 1.61. The minimum Gasteiger partial charge on any atom is -0.306 e. The minimum absolute atomic E-state index is 0.162. The number of benzene rings is 3. The van der Waals surface area contributed by atoms with E-state index in [-0.39, 0.29) is 5.92 Å². The third-order valence-electron chi connectivity index (χ3n) is 5.70. The lowest BCUT2D eigenvalue weighted by Crippen LogP contribution is -2.08. The highest BCUT2D eigenvalue weighted by Gasteiger charge is 2.22. The molecule has 1 unspecified atom stereocenters. The molecule has 4 nitrogen and oxygen atoms in total. The predicted molar refractivity (Wildman–Crippen MR) is 116 cm³/mol. The van der Waals surface area contributed by atoms with Crippen LogP contribution in [0.4, 0.5) is 0 Å². The Morgan fingerprint density at radius 2 is 1.55 bits per heavy atom. The molecule has 0 aliphatic heterocycles. The molecule has 4 heteroatoms. The molecular weight excluding hydrogens is 356 g/mol. The van der Waals surface area contributed by atoms with E-state index in [1.807, 2.05) is 35.8 Å². The van der Waals surface area contributed by atoms with E-state index in [1.54, 1.807) is 6.20 Å². The standard InChI is InChI=1S/C25H18N4/c1-3-18-5-2-6-22-21(9-7-19(4-1)25(18)22)23-15-20(28-13-11-26-16-28)8-10-24(23)29-14-12-27-17-29/h1-17,21H. The first-order valence-corrected chi connectivity index (χ1v) is 9.69. The summed E-state index contributed by atoms with van der Waals surface area (Å²) >= 11 is 0. The van der Waals surface area contributed by atoms with Gasteiger partial charge >= 0.3 is 0 Å². The molecule has 0 saturated heterocycles. The molecule has 1 aliphatic carbocycles. The van der Waals surface area contributed by atoms with E-state index in [2.05, 4.69) is 81.3 Å². The van der Waals surface area contributed by atoms with E-state index in [0.717, 1.165) is 11.4 Å². The molecule has 0 saturated carbocycles. The molecule has 6 rings (SSSR count). The highest BCUT2D eigenvalue weighted by Crippen LogP contribution is 2.40. The predicted octanol–water partition coefficient (Wildman–Crippen LogP) is 5.37. The van der Waals surface area contributed by atoms with Gasteiger partial charge in [-0.3, -0.25) is 0 Å². The lowest BCUT2D eigenvalue weighted by atomic mass is 9.81. The molecule has 0 amide bonds.